The quantitative estimate of drug-likeness (QED) is 0.407. The van der Waals surface area contributed by atoms with E-state index in [2.05, 4.69) is 0 Å². The second-order valence-corrected chi connectivity index (χ2v) is 0.577. The predicted octanol–water partition coefficient (Wildman–Crippen LogP) is -11.0. The zero-order valence-corrected chi connectivity index (χ0v) is 9.97. The van der Waals surface area contributed by atoms with Crippen LogP contribution in [0.15, 0.2) is 0 Å². The number of hydrogen-bond acceptors (Lipinski definition) is 6. The van der Waals surface area contributed by atoms with Gasteiger partial charge in [-0.25, -0.2) is 0 Å². The van der Waals surface area contributed by atoms with Gasteiger partial charge in [0.2, 0.25) is 0 Å². The van der Waals surface area contributed by atoms with E-state index in [1.165, 1.54) is 0 Å². The molecular formula is H3B2K3Mg3O6. The van der Waals surface area contributed by atoms with Crippen molar-refractivity contribution in [2.45, 2.75) is 0 Å². The molecule has 14 heteroatoms. The van der Waals surface area contributed by atoms with Crippen molar-refractivity contribution in [3.8, 4) is 0 Å². The van der Waals surface area contributed by atoms with Crippen LogP contribution >= 0.6 is 0 Å². The van der Waals surface area contributed by atoms with Gasteiger partial charge in [-0.1, -0.05) is 0 Å². The second kappa shape index (κ2) is 42.7. The minimum Gasteiger partial charge on any atom is -0.907 e. The van der Waals surface area contributed by atoms with E-state index >= 15 is 0 Å². The summed E-state index contributed by atoms with van der Waals surface area (Å²) in [6.45, 7) is 0. The normalized spacial score (nSPS) is 3.86. The Morgan fingerprint density at radius 3 is 0.429 bits per heavy atom. The summed E-state index contributed by atoms with van der Waals surface area (Å²) in [5.41, 5.74) is 0. The van der Waals surface area contributed by atoms with Gasteiger partial charge >= 0.3 is 223 Å². The van der Waals surface area contributed by atoms with Crippen molar-refractivity contribution >= 4 is 238 Å². The van der Waals surface area contributed by atoms with E-state index in [1.807, 2.05) is 0 Å². The van der Waals surface area contributed by atoms with Crippen molar-refractivity contribution in [2.75, 3.05) is 0 Å². The Hall–Kier alpha value is 7.10. The van der Waals surface area contributed by atoms with Crippen LogP contribution in [0.4, 0.5) is 0 Å². The topological polar surface area (TPSA) is 138 Å². The van der Waals surface area contributed by atoms with Crippen LogP contribution in [0.25, 0.3) is 0 Å². The summed E-state index contributed by atoms with van der Waals surface area (Å²) in [4.78, 5) is 0. The molecule has 0 atom stereocenters. The maximum absolute atomic E-state index is 8.42. The molecule has 0 aromatic carbocycles. The standard InChI is InChI=1S/2BO3.3K.3Mg.3H/c2*2-1(3)4;;;;;;;;;/q2*-3;;;;3*+2;;;. The fourth-order valence-electron chi connectivity index (χ4n) is 0. The Morgan fingerprint density at radius 2 is 0.429 bits per heavy atom. The van der Waals surface area contributed by atoms with Crippen LogP contribution < -0.4 is 30.1 Å². The van der Waals surface area contributed by atoms with Crippen LogP contribution in [0, 0.1) is 0 Å². The summed E-state index contributed by atoms with van der Waals surface area (Å²) in [6.07, 6.45) is 0. The van der Waals surface area contributed by atoms with E-state index in [9.17, 15) is 0 Å². The number of rotatable bonds is 0. The van der Waals surface area contributed by atoms with Crippen LogP contribution in [0.3, 0.4) is 0 Å². The van der Waals surface area contributed by atoms with Crippen LogP contribution in [-0.4, -0.2) is 238 Å². The van der Waals surface area contributed by atoms with Crippen molar-refractivity contribution in [3.05, 3.63) is 0 Å². The summed E-state index contributed by atoms with van der Waals surface area (Å²) in [7, 11) is -5.83. The third kappa shape index (κ3) is 124. The van der Waals surface area contributed by atoms with Gasteiger partial charge in [0, 0.05) is 0 Å². The van der Waals surface area contributed by atoms with Gasteiger partial charge in [-0.3, -0.25) is 14.6 Å². The molecule has 0 aliphatic carbocycles. The van der Waals surface area contributed by atoms with E-state index < -0.39 is 14.6 Å². The van der Waals surface area contributed by atoms with Gasteiger partial charge in [-0.15, -0.1) is 0 Å². The third-order valence-corrected chi connectivity index (χ3v) is 0. The molecule has 0 radical (unpaired) electrons. The van der Waals surface area contributed by atoms with Crippen molar-refractivity contribution in [1.82, 2.24) is 0 Å². The Balaban J connectivity index is -0.00000000600. The molecule has 0 spiro atoms. The summed E-state index contributed by atoms with van der Waals surface area (Å²) in [5, 5.41) is 50.5. The minimum absolute atomic E-state index is 0. The van der Waals surface area contributed by atoms with Gasteiger partial charge in [-0.05, 0) is 0 Å². The molecule has 6 nitrogen and oxygen atoms in total. The third-order valence-electron chi connectivity index (χ3n) is 0. The Morgan fingerprint density at radius 1 is 0.429 bits per heavy atom. The maximum atomic E-state index is 8.42. The van der Waals surface area contributed by atoms with Crippen LogP contribution in [0.2, 0.25) is 0 Å². The molecule has 0 bridgehead atoms. The summed E-state index contributed by atoms with van der Waals surface area (Å²) in [5.74, 6) is 0. The summed E-state index contributed by atoms with van der Waals surface area (Å²) < 4.78 is 0. The monoisotopic (exact) mass is 310 g/mol. The smallest absolute Gasteiger partial charge is 0.907 e. The molecule has 0 aliphatic heterocycles. The molecule has 0 aliphatic rings. The van der Waals surface area contributed by atoms with Crippen LogP contribution in [-0.2, 0) is 0 Å². The SMILES string of the molecule is [KH].[KH].[KH].[Mg+2].[Mg+2].[Mg+2].[O-]B([O-])[O-].[O-]B([O-])[O-]. The summed E-state index contributed by atoms with van der Waals surface area (Å²) in [6, 6.07) is 0. The second-order valence-electron chi connectivity index (χ2n) is 0.577. The van der Waals surface area contributed by atoms with E-state index in [-0.39, 0.29) is 223 Å². The molecule has 0 rings (SSSR count). The molecule has 14 heavy (non-hydrogen) atoms. The van der Waals surface area contributed by atoms with Crippen molar-refractivity contribution in [3.63, 3.8) is 0 Å². The zero-order valence-electron chi connectivity index (χ0n) is 5.73. The average Bonchev–Trinajstić information content (AvgIpc) is 1.25. The fraction of sp³-hybridized carbons (Fsp3) is 0. The van der Waals surface area contributed by atoms with E-state index in [1.54, 1.807) is 0 Å². The van der Waals surface area contributed by atoms with E-state index in [0.717, 1.165) is 0 Å². The molecule has 0 saturated heterocycles. The number of hydrogen-bond donors (Lipinski definition) is 0. The largest absolute Gasteiger partial charge is 2.00 e. The van der Waals surface area contributed by atoms with Gasteiger partial charge in [0.1, 0.15) is 0 Å². The Bertz CT molecular complexity index is 41.8. The Kier molecular flexibility index (Phi) is 152. The van der Waals surface area contributed by atoms with Crippen molar-refractivity contribution in [1.29, 1.82) is 0 Å². The Labute approximate surface area is 260 Å². The zero-order chi connectivity index (χ0) is 7.15. The maximum Gasteiger partial charge on any atom is 2.00 e. The van der Waals surface area contributed by atoms with Crippen molar-refractivity contribution < 1.29 is 30.1 Å². The van der Waals surface area contributed by atoms with Gasteiger partial charge in [0.05, 0.1) is 0 Å². The van der Waals surface area contributed by atoms with Crippen molar-refractivity contribution in [2.24, 2.45) is 0 Å². The molecule has 0 heterocycles. The molecule has 0 aromatic rings. The first kappa shape index (κ1) is 49.7. The summed E-state index contributed by atoms with van der Waals surface area (Å²) >= 11 is 0. The first-order valence-corrected chi connectivity index (χ1v) is 1.41. The predicted molar refractivity (Wildman–Crippen MR) is 50.2 cm³/mol. The van der Waals surface area contributed by atoms with Gasteiger partial charge < -0.3 is 30.1 Å². The van der Waals surface area contributed by atoms with Crippen LogP contribution in [0.1, 0.15) is 0 Å². The molecule has 0 saturated carbocycles. The molecule has 0 unspecified atom stereocenters. The molecule has 0 amide bonds. The van der Waals surface area contributed by atoms with E-state index in [0.29, 0.717) is 0 Å². The first-order valence-electron chi connectivity index (χ1n) is 1.41. The average molecular weight is 311 g/mol. The first-order chi connectivity index (χ1) is 3.46. The van der Waals surface area contributed by atoms with Crippen LogP contribution in [0.5, 0.6) is 0 Å². The fourth-order valence-corrected chi connectivity index (χ4v) is 0. The van der Waals surface area contributed by atoms with Gasteiger partial charge in [-0.2, -0.15) is 0 Å². The molecule has 0 aromatic heterocycles. The van der Waals surface area contributed by atoms with Gasteiger partial charge in [0.15, 0.2) is 0 Å². The molecule has 54 valence electrons. The molecule has 0 N–H and O–H groups in total. The minimum atomic E-state index is -2.92. The molecule has 0 fully saturated rings. The molecular weight excluding hydrogens is 308 g/mol. The van der Waals surface area contributed by atoms with Gasteiger partial charge in [0.25, 0.3) is 0 Å². The van der Waals surface area contributed by atoms with E-state index in [4.69, 9.17) is 30.1 Å².